The van der Waals surface area contributed by atoms with Gasteiger partial charge in [0, 0.05) is 5.69 Å². The number of hydrogen-bond acceptors (Lipinski definition) is 5. The van der Waals surface area contributed by atoms with Gasteiger partial charge in [0.2, 0.25) is 5.91 Å². The maximum Gasteiger partial charge on any atom is 0.254 e. The molecular weight excluding hydrogens is 362 g/mol. The summed E-state index contributed by atoms with van der Waals surface area (Å²) in [4.78, 5) is 24.7. The number of primary amides is 2. The molecule has 27 heavy (non-hydrogen) atoms. The van der Waals surface area contributed by atoms with Gasteiger partial charge in [0.1, 0.15) is 11.2 Å². The number of carbonyl (C=O) groups excluding carboxylic acids is 2. The van der Waals surface area contributed by atoms with Crippen LogP contribution in [0.1, 0.15) is 5.56 Å². The number of para-hydroxylation sites is 1. The number of hydrogen-bond donors (Lipinski definition) is 3. The summed E-state index contributed by atoms with van der Waals surface area (Å²) in [5, 5.41) is 2.86. The molecule has 0 aliphatic carbocycles. The first-order valence-corrected chi connectivity index (χ1v) is 9.26. The van der Waals surface area contributed by atoms with Crippen molar-refractivity contribution in [1.82, 2.24) is 0 Å². The molecule has 0 fully saturated rings. The first-order chi connectivity index (χ1) is 12.9. The van der Waals surface area contributed by atoms with Gasteiger partial charge in [-0.1, -0.05) is 42.1 Å². The maximum atomic E-state index is 12.6. The minimum atomic E-state index is -1.10. The van der Waals surface area contributed by atoms with Crippen molar-refractivity contribution >= 4 is 29.3 Å². The summed E-state index contributed by atoms with van der Waals surface area (Å²) in [6.07, 6.45) is 1.94. The molecule has 6 nitrogen and oxygen atoms in total. The van der Waals surface area contributed by atoms with Gasteiger partial charge in [-0.3, -0.25) is 9.59 Å². The molecular formula is C20H21N3O3S. The molecule has 2 amide bonds. The van der Waals surface area contributed by atoms with E-state index in [0.29, 0.717) is 11.3 Å². The molecule has 2 unspecified atom stereocenters. The molecule has 0 saturated carbocycles. The molecule has 1 aliphatic heterocycles. The van der Waals surface area contributed by atoms with Crippen molar-refractivity contribution in [2.24, 2.45) is 16.9 Å². The Balaban J connectivity index is 1.97. The Morgan fingerprint density at radius 1 is 1.11 bits per heavy atom. The van der Waals surface area contributed by atoms with Crippen LogP contribution < -0.4 is 21.5 Å². The second kappa shape index (κ2) is 7.75. The van der Waals surface area contributed by atoms with E-state index in [2.05, 4.69) is 5.32 Å². The predicted octanol–water partition coefficient (Wildman–Crippen LogP) is 2.26. The standard InChI is InChI=1S/C20H21N3O3S/c1-26-15-9-7-13(8-10-15)11-20(18(22)25)12-16(17(21)24)27-19(20)23-14-5-3-2-4-6-14/h2-10,12,19,23H,11H2,1H3,(H2,21,24)(H2,22,25). The van der Waals surface area contributed by atoms with Crippen LogP contribution in [0.25, 0.3) is 0 Å². The van der Waals surface area contributed by atoms with Crippen molar-refractivity contribution in [1.29, 1.82) is 0 Å². The highest BCUT2D eigenvalue weighted by molar-refractivity contribution is 8.05. The summed E-state index contributed by atoms with van der Waals surface area (Å²) in [7, 11) is 1.59. The summed E-state index contributed by atoms with van der Waals surface area (Å²) < 4.78 is 5.18. The topological polar surface area (TPSA) is 107 Å². The molecule has 2 atom stereocenters. The van der Waals surface area contributed by atoms with Gasteiger partial charge in [0.05, 0.1) is 17.4 Å². The van der Waals surface area contributed by atoms with Crippen molar-refractivity contribution in [2.75, 3.05) is 12.4 Å². The van der Waals surface area contributed by atoms with Crippen LogP contribution in [0.2, 0.25) is 0 Å². The molecule has 3 rings (SSSR count). The Kier molecular flexibility index (Phi) is 5.41. The lowest BCUT2D eigenvalue weighted by Crippen LogP contribution is -2.46. The van der Waals surface area contributed by atoms with Crippen LogP contribution in [-0.2, 0) is 16.0 Å². The first kappa shape index (κ1) is 18.8. The highest BCUT2D eigenvalue weighted by Crippen LogP contribution is 2.47. The number of ether oxygens (including phenoxy) is 1. The summed E-state index contributed by atoms with van der Waals surface area (Å²) in [6, 6.07) is 16.9. The van der Waals surface area contributed by atoms with Crippen LogP contribution in [0.3, 0.4) is 0 Å². The average molecular weight is 383 g/mol. The van der Waals surface area contributed by atoms with Crippen LogP contribution in [-0.4, -0.2) is 24.3 Å². The minimum absolute atomic E-state index is 0.329. The minimum Gasteiger partial charge on any atom is -0.497 e. The molecule has 2 aromatic carbocycles. The number of nitrogens with two attached hydrogens (primary N) is 2. The van der Waals surface area contributed by atoms with E-state index in [1.165, 1.54) is 11.8 Å². The molecule has 0 aromatic heterocycles. The van der Waals surface area contributed by atoms with E-state index >= 15 is 0 Å². The fraction of sp³-hybridized carbons (Fsp3) is 0.200. The number of nitrogens with one attached hydrogen (secondary N) is 1. The zero-order valence-electron chi connectivity index (χ0n) is 14.8. The molecule has 1 aliphatic rings. The summed E-state index contributed by atoms with van der Waals surface area (Å²) in [5.74, 6) is -0.367. The van der Waals surface area contributed by atoms with Gasteiger partial charge in [-0.25, -0.2) is 0 Å². The fourth-order valence-corrected chi connectivity index (χ4v) is 4.38. The zero-order valence-corrected chi connectivity index (χ0v) is 15.7. The van der Waals surface area contributed by atoms with E-state index in [1.807, 2.05) is 54.6 Å². The largest absolute Gasteiger partial charge is 0.497 e. The lowest BCUT2D eigenvalue weighted by molar-refractivity contribution is -0.124. The van der Waals surface area contributed by atoms with Gasteiger partial charge < -0.3 is 21.5 Å². The van der Waals surface area contributed by atoms with Crippen molar-refractivity contribution in [2.45, 2.75) is 11.8 Å². The molecule has 0 saturated heterocycles. The third-order valence-corrected chi connectivity index (χ3v) is 5.88. The Labute approximate surface area is 162 Å². The zero-order chi connectivity index (χ0) is 19.4. The summed E-state index contributed by atoms with van der Waals surface area (Å²) >= 11 is 1.23. The van der Waals surface area contributed by atoms with Crippen molar-refractivity contribution in [3.05, 3.63) is 71.1 Å². The van der Waals surface area contributed by atoms with Gasteiger partial charge in [-0.2, -0.15) is 0 Å². The normalized spacial score (nSPS) is 21.4. The molecule has 0 radical (unpaired) electrons. The highest BCUT2D eigenvalue weighted by atomic mass is 32.2. The Hall–Kier alpha value is -2.93. The third-order valence-electron chi connectivity index (χ3n) is 4.53. The molecule has 0 bridgehead atoms. The number of thioether (sulfide) groups is 1. The number of benzene rings is 2. The third kappa shape index (κ3) is 3.93. The van der Waals surface area contributed by atoms with E-state index in [9.17, 15) is 9.59 Å². The molecule has 5 N–H and O–H groups in total. The van der Waals surface area contributed by atoms with E-state index in [1.54, 1.807) is 13.2 Å². The van der Waals surface area contributed by atoms with Gasteiger partial charge in [-0.05, 0) is 42.3 Å². The summed E-state index contributed by atoms with van der Waals surface area (Å²) in [5.41, 5.74) is 11.9. The maximum absolute atomic E-state index is 12.6. The Morgan fingerprint density at radius 3 is 2.33 bits per heavy atom. The van der Waals surface area contributed by atoms with E-state index in [4.69, 9.17) is 16.2 Å². The molecule has 7 heteroatoms. The summed E-state index contributed by atoms with van der Waals surface area (Å²) in [6.45, 7) is 0. The lowest BCUT2D eigenvalue weighted by atomic mass is 9.79. The molecule has 140 valence electrons. The molecule has 0 spiro atoms. The number of anilines is 1. The van der Waals surface area contributed by atoms with Crippen LogP contribution in [0.4, 0.5) is 5.69 Å². The number of methoxy groups -OCH3 is 1. The quantitative estimate of drug-likeness (QED) is 0.680. The van der Waals surface area contributed by atoms with Gasteiger partial charge in [0.15, 0.2) is 0 Å². The van der Waals surface area contributed by atoms with Crippen molar-refractivity contribution < 1.29 is 14.3 Å². The van der Waals surface area contributed by atoms with Gasteiger partial charge in [0.25, 0.3) is 5.91 Å². The van der Waals surface area contributed by atoms with Gasteiger partial charge >= 0.3 is 0 Å². The van der Waals surface area contributed by atoms with E-state index in [0.717, 1.165) is 17.0 Å². The second-order valence-electron chi connectivity index (χ2n) is 6.31. The van der Waals surface area contributed by atoms with Crippen LogP contribution >= 0.6 is 11.8 Å². The lowest BCUT2D eigenvalue weighted by Gasteiger charge is -2.32. The number of rotatable bonds is 7. The predicted molar refractivity (Wildman–Crippen MR) is 107 cm³/mol. The van der Waals surface area contributed by atoms with Gasteiger partial charge in [-0.15, -0.1) is 0 Å². The van der Waals surface area contributed by atoms with Crippen molar-refractivity contribution in [3.63, 3.8) is 0 Å². The average Bonchev–Trinajstić information content (AvgIpc) is 3.03. The fourth-order valence-electron chi connectivity index (χ4n) is 3.06. The Morgan fingerprint density at radius 2 is 1.78 bits per heavy atom. The van der Waals surface area contributed by atoms with Crippen LogP contribution in [0, 0.1) is 5.41 Å². The second-order valence-corrected chi connectivity index (χ2v) is 7.46. The SMILES string of the molecule is COc1ccc(CC2(C(N)=O)C=C(C(N)=O)SC2Nc2ccccc2)cc1. The Bertz CT molecular complexity index is 868. The number of amides is 2. The van der Waals surface area contributed by atoms with Crippen LogP contribution in [0.15, 0.2) is 65.6 Å². The molecule has 2 aromatic rings. The first-order valence-electron chi connectivity index (χ1n) is 8.38. The van der Waals surface area contributed by atoms with E-state index < -0.39 is 22.6 Å². The highest BCUT2D eigenvalue weighted by Gasteiger charge is 2.49. The molecule has 1 heterocycles. The number of carbonyl (C=O) groups is 2. The van der Waals surface area contributed by atoms with Crippen LogP contribution in [0.5, 0.6) is 5.75 Å². The smallest absolute Gasteiger partial charge is 0.254 e. The van der Waals surface area contributed by atoms with Crippen molar-refractivity contribution in [3.8, 4) is 5.75 Å². The monoisotopic (exact) mass is 383 g/mol. The van der Waals surface area contributed by atoms with E-state index in [-0.39, 0.29) is 0 Å².